The number of phosphoric acid groups is 1. The number of nitrogens with one attached hydrogen (secondary N) is 1. The Morgan fingerprint density at radius 1 is 0.456 bits per heavy atom. The van der Waals surface area contributed by atoms with Gasteiger partial charge in [0.1, 0.15) is 19.3 Å². The summed E-state index contributed by atoms with van der Waals surface area (Å²) in [5.41, 5.74) is 0. The molecule has 2 N–H and O–H groups in total. The van der Waals surface area contributed by atoms with Crippen LogP contribution in [-0.4, -0.2) is 74.3 Å². The highest BCUT2D eigenvalue weighted by Gasteiger charge is 2.30. The minimum absolute atomic E-state index is 0.0359. The number of carbonyl (C=O) groups excluding carboxylic acids is 2. The van der Waals surface area contributed by atoms with Gasteiger partial charge in [-0.1, -0.05) is 287 Å². The van der Waals surface area contributed by atoms with Crippen molar-refractivity contribution in [2.75, 3.05) is 40.9 Å². The Labute approximate surface area is 489 Å². The molecule has 0 saturated carbocycles. The summed E-state index contributed by atoms with van der Waals surface area (Å²) < 4.78 is 30.7. The Kier molecular flexibility index (Phi) is 56.7. The molecule has 3 unspecified atom stereocenters. The third kappa shape index (κ3) is 59.9. The van der Waals surface area contributed by atoms with Gasteiger partial charge < -0.3 is 19.4 Å². The molecule has 0 spiro atoms. The van der Waals surface area contributed by atoms with E-state index in [0.717, 1.165) is 103 Å². The lowest BCUT2D eigenvalue weighted by Gasteiger charge is -2.27. The Morgan fingerprint density at radius 3 is 1.22 bits per heavy atom. The highest BCUT2D eigenvalue weighted by molar-refractivity contribution is 7.47. The lowest BCUT2D eigenvalue weighted by atomic mass is 10.0. The first kappa shape index (κ1) is 76.5. The fraction of sp³-hybridized carbons (Fsp3) is 0.797. The van der Waals surface area contributed by atoms with Gasteiger partial charge in [0, 0.05) is 12.8 Å². The molecule has 0 aromatic carbocycles. The highest BCUT2D eigenvalue weighted by Crippen LogP contribution is 2.43. The van der Waals surface area contributed by atoms with Crippen molar-refractivity contribution < 1.29 is 37.3 Å². The molecular weight excluding hydrogens is 1000 g/mol. The van der Waals surface area contributed by atoms with Gasteiger partial charge in [-0.3, -0.25) is 18.6 Å². The van der Waals surface area contributed by atoms with E-state index in [-0.39, 0.29) is 31.5 Å². The molecule has 79 heavy (non-hydrogen) atoms. The topological polar surface area (TPSA) is 111 Å². The molecule has 0 bridgehead atoms. The zero-order valence-corrected chi connectivity index (χ0v) is 53.5. The number of ether oxygens (including phenoxy) is 1. The van der Waals surface area contributed by atoms with Crippen LogP contribution in [0.4, 0.5) is 0 Å². The third-order valence-corrected chi connectivity index (χ3v) is 15.6. The molecule has 0 rings (SSSR count). The van der Waals surface area contributed by atoms with Crippen molar-refractivity contribution >= 4 is 19.7 Å². The summed E-state index contributed by atoms with van der Waals surface area (Å²) in [6.45, 7) is 6.91. The first-order chi connectivity index (χ1) is 38.4. The molecule has 9 nitrogen and oxygen atoms in total. The number of esters is 1. The molecule has 1 amide bonds. The molecule has 3 atom stereocenters. The van der Waals surface area contributed by atoms with Gasteiger partial charge >= 0.3 is 13.8 Å². The van der Waals surface area contributed by atoms with Crippen molar-refractivity contribution in [3.05, 3.63) is 72.9 Å². The molecule has 0 aliphatic heterocycles. The van der Waals surface area contributed by atoms with Crippen molar-refractivity contribution in [1.82, 2.24) is 5.32 Å². The van der Waals surface area contributed by atoms with Crippen LogP contribution in [0.5, 0.6) is 0 Å². The zero-order valence-electron chi connectivity index (χ0n) is 52.6. The van der Waals surface area contributed by atoms with Crippen LogP contribution in [0.1, 0.15) is 303 Å². The SMILES string of the molecule is CC/C=C\C/C=C\C/C=C\C/C=C\C/C=C\CCCCCCCC(=O)OC(/C=C/CCCCCCCCCCC)C(COP(=O)(O)OCC[N+](C)(C)C)NC(=O)CCCCCCCCCCCCCCCCCCCCCCC. The van der Waals surface area contributed by atoms with E-state index in [0.29, 0.717) is 23.9 Å². The van der Waals surface area contributed by atoms with Gasteiger partial charge in [0.05, 0.1) is 33.8 Å². The Bertz CT molecular complexity index is 1580. The number of unbranched alkanes of at least 4 members (excludes halogenated alkanes) is 34. The van der Waals surface area contributed by atoms with Crippen LogP contribution >= 0.6 is 7.82 Å². The molecule has 0 aromatic heterocycles. The fourth-order valence-electron chi connectivity index (χ4n) is 9.56. The molecular formula is C69H128N2O7P+. The molecule has 0 heterocycles. The second-order valence-electron chi connectivity index (χ2n) is 23.6. The molecule has 0 aliphatic rings. The number of quaternary nitrogens is 1. The molecule has 460 valence electrons. The van der Waals surface area contributed by atoms with Gasteiger partial charge in [0.2, 0.25) is 5.91 Å². The van der Waals surface area contributed by atoms with Crippen molar-refractivity contribution in [1.29, 1.82) is 0 Å². The molecule has 0 aliphatic carbocycles. The first-order valence-electron chi connectivity index (χ1n) is 33.3. The summed E-state index contributed by atoms with van der Waals surface area (Å²) in [6, 6.07) is -0.857. The van der Waals surface area contributed by atoms with Crippen LogP contribution in [0, 0.1) is 0 Å². The number of hydrogen-bond donors (Lipinski definition) is 2. The van der Waals surface area contributed by atoms with E-state index in [9.17, 15) is 19.0 Å². The van der Waals surface area contributed by atoms with Gasteiger partial charge in [0.25, 0.3) is 0 Å². The number of carbonyl (C=O) groups is 2. The van der Waals surface area contributed by atoms with Crippen molar-refractivity contribution in [2.45, 2.75) is 315 Å². The molecule has 0 saturated heterocycles. The molecule has 10 heteroatoms. The lowest BCUT2D eigenvalue weighted by Crippen LogP contribution is -2.47. The quantitative estimate of drug-likeness (QED) is 0.0205. The fourth-order valence-corrected chi connectivity index (χ4v) is 10.3. The summed E-state index contributed by atoms with van der Waals surface area (Å²) in [7, 11) is 1.49. The maximum atomic E-state index is 13.6. The molecule has 0 aromatic rings. The van der Waals surface area contributed by atoms with E-state index in [1.54, 1.807) is 0 Å². The van der Waals surface area contributed by atoms with E-state index in [4.69, 9.17) is 13.8 Å². The van der Waals surface area contributed by atoms with E-state index in [1.165, 1.54) is 161 Å². The van der Waals surface area contributed by atoms with Crippen LogP contribution < -0.4 is 5.32 Å². The van der Waals surface area contributed by atoms with Gasteiger partial charge in [-0.15, -0.1) is 0 Å². The van der Waals surface area contributed by atoms with E-state index >= 15 is 0 Å². The first-order valence-corrected chi connectivity index (χ1v) is 34.8. The van der Waals surface area contributed by atoms with E-state index in [2.05, 4.69) is 86.8 Å². The van der Waals surface area contributed by atoms with E-state index in [1.807, 2.05) is 33.3 Å². The largest absolute Gasteiger partial charge is 0.472 e. The maximum Gasteiger partial charge on any atom is 0.472 e. The van der Waals surface area contributed by atoms with Crippen molar-refractivity contribution in [3.8, 4) is 0 Å². The summed E-state index contributed by atoms with van der Waals surface area (Å²) in [5.74, 6) is -0.519. The third-order valence-electron chi connectivity index (χ3n) is 14.7. The number of allylic oxidation sites excluding steroid dienone is 11. The number of rotatable bonds is 60. The number of phosphoric ester groups is 1. The number of likely N-dealkylation sites (N-methyl/N-ethyl adjacent to an activating group) is 1. The van der Waals surface area contributed by atoms with Gasteiger partial charge in [0.15, 0.2) is 0 Å². The minimum atomic E-state index is -4.46. The lowest BCUT2D eigenvalue weighted by molar-refractivity contribution is -0.870. The average molecular weight is 1130 g/mol. The Hall–Kier alpha value is -2.55. The standard InChI is InChI=1S/C69H127N2O7P/c1-7-10-13-16-19-22-25-27-29-31-33-35-37-39-41-43-46-49-52-55-58-61-68(72)70-66(65-77-79(74,75)76-64-63-71(4,5)6)67(60-57-54-51-48-45-24-21-18-15-12-9-3)78-69(73)62-59-56-53-50-47-44-42-40-38-36-34-32-30-28-26-23-20-17-14-11-8-2/h11,14,20,23,28,30,34,36,40,42,57,60,66-67H,7-10,12-13,15-19,21-22,24-27,29,31-33,35,37-39,41,43-56,58-59,61-65H2,1-6H3,(H-,70,72,74,75)/p+1/b14-11-,23-20-,30-28-,36-34-,42-40-,60-57+. The Balaban J connectivity index is 5.15. The zero-order chi connectivity index (χ0) is 57.9. The molecule has 0 fully saturated rings. The smallest absolute Gasteiger partial charge is 0.456 e. The summed E-state index contributed by atoms with van der Waals surface area (Å²) in [6.07, 6.45) is 76.2. The van der Waals surface area contributed by atoms with Gasteiger partial charge in [-0.25, -0.2) is 4.57 Å². The minimum Gasteiger partial charge on any atom is -0.456 e. The summed E-state index contributed by atoms with van der Waals surface area (Å²) in [4.78, 5) is 37.8. The van der Waals surface area contributed by atoms with Gasteiger partial charge in [-0.05, 0) is 76.7 Å². The van der Waals surface area contributed by atoms with Crippen LogP contribution in [-0.2, 0) is 27.9 Å². The van der Waals surface area contributed by atoms with Crippen LogP contribution in [0.3, 0.4) is 0 Å². The van der Waals surface area contributed by atoms with Crippen LogP contribution in [0.2, 0.25) is 0 Å². The summed E-state index contributed by atoms with van der Waals surface area (Å²) >= 11 is 0. The second kappa shape index (κ2) is 58.6. The Morgan fingerprint density at radius 2 is 0.810 bits per heavy atom. The summed E-state index contributed by atoms with van der Waals surface area (Å²) in [5, 5.41) is 3.06. The predicted molar refractivity (Wildman–Crippen MR) is 341 cm³/mol. The highest BCUT2D eigenvalue weighted by atomic mass is 31.2. The monoisotopic (exact) mass is 1130 g/mol. The average Bonchev–Trinajstić information content (AvgIpc) is 3.41. The number of hydrogen-bond acceptors (Lipinski definition) is 6. The normalized spacial score (nSPS) is 14.1. The number of amides is 1. The van der Waals surface area contributed by atoms with Crippen molar-refractivity contribution in [3.63, 3.8) is 0 Å². The van der Waals surface area contributed by atoms with Crippen LogP contribution in [0.25, 0.3) is 0 Å². The van der Waals surface area contributed by atoms with E-state index < -0.39 is 20.0 Å². The molecule has 0 radical (unpaired) electrons. The maximum absolute atomic E-state index is 13.6. The van der Waals surface area contributed by atoms with Crippen LogP contribution in [0.15, 0.2) is 72.9 Å². The van der Waals surface area contributed by atoms with Crippen molar-refractivity contribution in [2.24, 2.45) is 0 Å². The second-order valence-corrected chi connectivity index (χ2v) is 25.1. The van der Waals surface area contributed by atoms with Gasteiger partial charge in [-0.2, -0.15) is 0 Å². The number of nitrogens with zero attached hydrogens (tertiary/aromatic N) is 1. The predicted octanol–water partition coefficient (Wildman–Crippen LogP) is 20.8.